The first-order valence-electron chi connectivity index (χ1n) is 9.21. The molecular weight excluding hydrogens is 304 g/mol. The van der Waals surface area contributed by atoms with Gasteiger partial charge in [-0.1, -0.05) is 0 Å². The summed E-state index contributed by atoms with van der Waals surface area (Å²) in [5.74, 6) is 3.90. The molecule has 24 heavy (non-hydrogen) atoms. The fourth-order valence-corrected chi connectivity index (χ4v) is 5.69. The van der Waals surface area contributed by atoms with Crippen LogP contribution in [0.15, 0.2) is 6.20 Å². The molecule has 0 radical (unpaired) electrons. The monoisotopic (exact) mass is 332 g/mol. The number of aliphatic hydroxyl groups excluding tert-OH is 1. The maximum absolute atomic E-state index is 12.9. The quantitative estimate of drug-likeness (QED) is 0.855. The molecule has 4 aliphatic rings. The summed E-state index contributed by atoms with van der Waals surface area (Å²) in [5, 5.41) is 16.8. The van der Waals surface area contributed by atoms with E-state index >= 15 is 0 Å². The third-order valence-electron chi connectivity index (χ3n) is 6.47. The lowest BCUT2D eigenvalue weighted by atomic mass is 9.54. The van der Waals surface area contributed by atoms with E-state index in [1.54, 1.807) is 10.9 Å². The van der Waals surface area contributed by atoms with Crippen LogP contribution in [0, 0.1) is 23.7 Å². The third kappa shape index (κ3) is 2.61. The highest BCUT2D eigenvalue weighted by Gasteiger charge is 2.48. The van der Waals surface area contributed by atoms with E-state index in [2.05, 4.69) is 10.4 Å². The molecule has 132 valence electrons. The van der Waals surface area contributed by atoms with E-state index in [9.17, 15) is 9.90 Å². The van der Waals surface area contributed by atoms with Gasteiger partial charge in [-0.15, -0.1) is 0 Å². The molecule has 4 aliphatic carbocycles. The Morgan fingerprint density at radius 2 is 1.92 bits per heavy atom. The molecule has 4 saturated carbocycles. The number of nitrogens with one attached hydrogen (secondary N) is 1. The number of nitrogens with zero attached hydrogens (tertiary/aromatic N) is 3. The summed E-state index contributed by atoms with van der Waals surface area (Å²) in [6.07, 6.45) is 8.25. The van der Waals surface area contributed by atoms with Gasteiger partial charge in [0, 0.05) is 26.7 Å². The van der Waals surface area contributed by atoms with Crippen molar-refractivity contribution < 1.29 is 9.90 Å². The van der Waals surface area contributed by atoms with Gasteiger partial charge in [-0.2, -0.15) is 5.10 Å². The molecule has 5 rings (SSSR count). The van der Waals surface area contributed by atoms with Crippen LogP contribution >= 0.6 is 0 Å². The minimum atomic E-state index is -0.0136. The summed E-state index contributed by atoms with van der Waals surface area (Å²) in [7, 11) is 3.72. The van der Waals surface area contributed by atoms with Crippen LogP contribution < -0.4 is 10.2 Å². The van der Waals surface area contributed by atoms with E-state index < -0.39 is 0 Å². The van der Waals surface area contributed by atoms with E-state index in [1.165, 1.54) is 32.1 Å². The lowest BCUT2D eigenvalue weighted by Crippen LogP contribution is -2.55. The molecule has 2 N–H and O–H groups in total. The topological polar surface area (TPSA) is 70.4 Å². The Morgan fingerprint density at radius 3 is 2.50 bits per heavy atom. The van der Waals surface area contributed by atoms with Crippen molar-refractivity contribution in [1.29, 1.82) is 0 Å². The highest BCUT2D eigenvalue weighted by Crippen LogP contribution is 2.53. The average molecular weight is 332 g/mol. The van der Waals surface area contributed by atoms with Gasteiger partial charge in [0.2, 0.25) is 0 Å². The van der Waals surface area contributed by atoms with Crippen molar-refractivity contribution in [1.82, 2.24) is 15.1 Å². The molecular formula is C18H28N4O2. The number of amides is 1. The number of rotatable bonds is 5. The SMILES string of the molecule is CN(CCO)c1c(C(=O)NC2C3CC4CC(C3)CC2C4)cnn1C. The molecule has 1 aromatic heterocycles. The first-order valence-corrected chi connectivity index (χ1v) is 9.21. The number of hydrogen-bond donors (Lipinski definition) is 2. The second-order valence-electron chi connectivity index (χ2n) is 8.08. The molecule has 6 nitrogen and oxygen atoms in total. The summed E-state index contributed by atoms with van der Waals surface area (Å²) in [4.78, 5) is 14.8. The van der Waals surface area contributed by atoms with E-state index in [4.69, 9.17) is 0 Å². The van der Waals surface area contributed by atoms with Crippen LogP contribution in [0.1, 0.15) is 42.5 Å². The fraction of sp³-hybridized carbons (Fsp3) is 0.778. The molecule has 0 unspecified atom stereocenters. The van der Waals surface area contributed by atoms with Crippen LogP contribution in [0.4, 0.5) is 5.82 Å². The normalized spacial score (nSPS) is 33.7. The lowest BCUT2D eigenvalue weighted by Gasteiger charge is -2.54. The number of hydrogen-bond acceptors (Lipinski definition) is 4. The largest absolute Gasteiger partial charge is 0.395 e. The highest BCUT2D eigenvalue weighted by atomic mass is 16.3. The van der Waals surface area contributed by atoms with Crippen LogP contribution in [-0.4, -0.2) is 47.0 Å². The number of carbonyl (C=O) groups excluding carboxylic acids is 1. The van der Waals surface area contributed by atoms with Gasteiger partial charge in [-0.3, -0.25) is 9.48 Å². The van der Waals surface area contributed by atoms with Crippen molar-refractivity contribution in [3.05, 3.63) is 11.8 Å². The smallest absolute Gasteiger partial charge is 0.256 e. The van der Waals surface area contributed by atoms with Crippen molar-refractivity contribution in [2.45, 2.75) is 38.1 Å². The van der Waals surface area contributed by atoms with Gasteiger partial charge in [0.1, 0.15) is 11.4 Å². The molecule has 0 aliphatic heterocycles. The number of likely N-dealkylation sites (N-methyl/N-ethyl adjacent to an activating group) is 1. The van der Waals surface area contributed by atoms with E-state index in [0.29, 0.717) is 30.0 Å². The van der Waals surface area contributed by atoms with Gasteiger partial charge in [-0.25, -0.2) is 0 Å². The summed E-state index contributed by atoms with van der Waals surface area (Å²) in [6.45, 7) is 0.538. The fourth-order valence-electron chi connectivity index (χ4n) is 5.69. The van der Waals surface area contributed by atoms with Crippen molar-refractivity contribution in [3.63, 3.8) is 0 Å². The van der Waals surface area contributed by atoms with Crippen LogP contribution in [0.3, 0.4) is 0 Å². The van der Waals surface area contributed by atoms with Gasteiger partial charge in [0.15, 0.2) is 0 Å². The first-order chi connectivity index (χ1) is 11.6. The van der Waals surface area contributed by atoms with Crippen LogP contribution in [0.2, 0.25) is 0 Å². The van der Waals surface area contributed by atoms with Crippen LogP contribution in [0.25, 0.3) is 0 Å². The van der Waals surface area contributed by atoms with Gasteiger partial charge in [0.05, 0.1) is 12.8 Å². The minimum absolute atomic E-state index is 0.0136. The summed E-state index contributed by atoms with van der Waals surface area (Å²) in [6, 6.07) is 0.335. The molecule has 1 aromatic rings. The standard InChI is InChI=1S/C18H28N4O2/c1-21(3-4-23)18-15(10-19-22(18)2)17(24)20-16-13-6-11-5-12(8-13)9-14(16)7-11/h10-14,16,23H,3-9H2,1-2H3,(H,20,24). The molecule has 6 heteroatoms. The summed E-state index contributed by atoms with van der Waals surface area (Å²) >= 11 is 0. The molecule has 1 amide bonds. The van der Waals surface area contributed by atoms with Gasteiger partial charge in [0.25, 0.3) is 5.91 Å². The molecule has 4 fully saturated rings. The maximum Gasteiger partial charge on any atom is 0.256 e. The Balaban J connectivity index is 1.51. The van der Waals surface area contributed by atoms with Crippen molar-refractivity contribution in [3.8, 4) is 0 Å². The molecule has 0 atom stereocenters. The van der Waals surface area contributed by atoms with Crippen molar-refractivity contribution in [2.75, 3.05) is 25.1 Å². The number of aliphatic hydroxyl groups is 1. The maximum atomic E-state index is 12.9. The average Bonchev–Trinajstić information content (AvgIpc) is 2.92. The molecule has 0 aromatic carbocycles. The zero-order chi connectivity index (χ0) is 16.8. The Labute approximate surface area is 143 Å². The Kier molecular flexibility index (Phi) is 4.03. The zero-order valence-electron chi connectivity index (χ0n) is 14.6. The van der Waals surface area contributed by atoms with E-state index in [0.717, 1.165) is 17.7 Å². The highest BCUT2D eigenvalue weighted by molar-refractivity contribution is 5.99. The third-order valence-corrected chi connectivity index (χ3v) is 6.47. The second kappa shape index (κ2) is 6.06. The second-order valence-corrected chi connectivity index (χ2v) is 8.08. The minimum Gasteiger partial charge on any atom is -0.395 e. The Bertz CT molecular complexity index is 599. The van der Waals surface area contributed by atoms with Gasteiger partial charge in [-0.05, 0) is 55.8 Å². The zero-order valence-corrected chi connectivity index (χ0v) is 14.6. The van der Waals surface area contributed by atoms with Crippen molar-refractivity contribution in [2.24, 2.45) is 30.7 Å². The Hall–Kier alpha value is -1.56. The molecule has 0 spiro atoms. The van der Waals surface area contributed by atoms with Gasteiger partial charge >= 0.3 is 0 Å². The lowest BCUT2D eigenvalue weighted by molar-refractivity contribution is -0.0119. The summed E-state index contributed by atoms with van der Waals surface area (Å²) in [5.41, 5.74) is 0.613. The predicted molar refractivity (Wildman–Crippen MR) is 91.9 cm³/mol. The number of carbonyl (C=O) groups is 1. The number of anilines is 1. The number of aryl methyl sites for hydroxylation is 1. The van der Waals surface area contributed by atoms with Crippen LogP contribution in [0.5, 0.6) is 0 Å². The van der Waals surface area contributed by atoms with E-state index in [-0.39, 0.29) is 12.5 Å². The van der Waals surface area contributed by atoms with E-state index in [1.807, 2.05) is 19.0 Å². The van der Waals surface area contributed by atoms with Gasteiger partial charge < -0.3 is 15.3 Å². The summed E-state index contributed by atoms with van der Waals surface area (Å²) < 4.78 is 1.71. The molecule has 0 saturated heterocycles. The molecule has 4 bridgehead atoms. The van der Waals surface area contributed by atoms with Crippen LogP contribution in [-0.2, 0) is 7.05 Å². The number of aromatic nitrogens is 2. The Morgan fingerprint density at radius 1 is 1.29 bits per heavy atom. The molecule has 1 heterocycles. The van der Waals surface area contributed by atoms with Crippen molar-refractivity contribution >= 4 is 11.7 Å². The first kappa shape index (κ1) is 15.9. The predicted octanol–water partition coefficient (Wildman–Crippen LogP) is 1.40.